The van der Waals surface area contributed by atoms with Crippen molar-refractivity contribution in [2.24, 2.45) is 0 Å². The van der Waals surface area contributed by atoms with Gasteiger partial charge in [0.15, 0.2) is 0 Å². The van der Waals surface area contributed by atoms with E-state index in [0.717, 1.165) is 5.56 Å². The van der Waals surface area contributed by atoms with Crippen molar-refractivity contribution < 1.29 is 13.9 Å². The molecule has 0 fully saturated rings. The van der Waals surface area contributed by atoms with Crippen LogP contribution in [0, 0.1) is 12.7 Å². The molecule has 1 aliphatic heterocycles. The number of aryl methyl sites for hydroxylation is 1. The Balaban J connectivity index is 2.02. The second kappa shape index (κ2) is 4.96. The van der Waals surface area contributed by atoms with Crippen LogP contribution in [0.2, 0.25) is 0 Å². The second-order valence-corrected chi connectivity index (χ2v) is 4.76. The molecule has 0 spiro atoms. The molecule has 20 heavy (non-hydrogen) atoms. The Morgan fingerprint density at radius 2 is 2.05 bits per heavy atom. The van der Waals surface area contributed by atoms with E-state index in [4.69, 9.17) is 4.74 Å². The fourth-order valence-electron chi connectivity index (χ4n) is 2.33. The van der Waals surface area contributed by atoms with E-state index in [9.17, 15) is 9.18 Å². The summed E-state index contributed by atoms with van der Waals surface area (Å²) in [6.45, 7) is 2.67. The van der Waals surface area contributed by atoms with E-state index in [-0.39, 0.29) is 11.5 Å². The lowest BCUT2D eigenvalue weighted by atomic mass is 10.1. The molecule has 0 saturated carbocycles. The molecule has 0 aliphatic carbocycles. The summed E-state index contributed by atoms with van der Waals surface area (Å²) < 4.78 is 19.4. The van der Waals surface area contributed by atoms with Gasteiger partial charge in [0.05, 0.1) is 17.8 Å². The summed E-state index contributed by atoms with van der Waals surface area (Å²) >= 11 is 0. The maximum atomic E-state index is 13.9. The van der Waals surface area contributed by atoms with Crippen molar-refractivity contribution in [1.82, 2.24) is 0 Å². The third kappa shape index (κ3) is 2.13. The van der Waals surface area contributed by atoms with E-state index in [1.54, 1.807) is 29.2 Å². The molecule has 2 aromatic carbocycles. The first-order chi connectivity index (χ1) is 9.66. The molecular weight excluding hydrogens is 257 g/mol. The lowest BCUT2D eigenvalue weighted by molar-refractivity contribution is 0.0972. The average Bonchev–Trinajstić information content (AvgIpc) is 2.48. The number of fused-ring (bicyclic) bond motifs is 1. The van der Waals surface area contributed by atoms with Gasteiger partial charge in [0.25, 0.3) is 5.91 Å². The highest BCUT2D eigenvalue weighted by atomic mass is 19.1. The van der Waals surface area contributed by atoms with Crippen LogP contribution in [-0.4, -0.2) is 19.1 Å². The van der Waals surface area contributed by atoms with Crippen LogP contribution in [0.3, 0.4) is 0 Å². The molecule has 1 heterocycles. The normalized spacial score (nSPS) is 13.6. The maximum Gasteiger partial charge on any atom is 0.261 e. The van der Waals surface area contributed by atoms with E-state index >= 15 is 0 Å². The van der Waals surface area contributed by atoms with Gasteiger partial charge in [-0.3, -0.25) is 4.79 Å². The Labute approximate surface area is 116 Å². The highest BCUT2D eigenvalue weighted by molar-refractivity contribution is 6.07. The van der Waals surface area contributed by atoms with Crippen molar-refractivity contribution in [3.8, 4) is 5.75 Å². The van der Waals surface area contributed by atoms with E-state index < -0.39 is 5.82 Å². The highest BCUT2D eigenvalue weighted by Crippen LogP contribution is 2.32. The fourth-order valence-corrected chi connectivity index (χ4v) is 2.33. The Kier molecular flexibility index (Phi) is 3.14. The van der Waals surface area contributed by atoms with Crippen molar-refractivity contribution in [2.75, 3.05) is 18.1 Å². The number of amides is 1. The van der Waals surface area contributed by atoms with Gasteiger partial charge in [-0.2, -0.15) is 0 Å². The molecule has 3 nitrogen and oxygen atoms in total. The minimum absolute atomic E-state index is 0.0988. The topological polar surface area (TPSA) is 29.5 Å². The smallest absolute Gasteiger partial charge is 0.261 e. The molecule has 0 aromatic heterocycles. The van der Waals surface area contributed by atoms with Crippen LogP contribution in [0.4, 0.5) is 10.1 Å². The molecular formula is C16H14FNO2. The molecule has 4 heteroatoms. The van der Waals surface area contributed by atoms with Crippen LogP contribution >= 0.6 is 0 Å². The summed E-state index contributed by atoms with van der Waals surface area (Å²) in [4.78, 5) is 14.1. The van der Waals surface area contributed by atoms with Gasteiger partial charge >= 0.3 is 0 Å². The summed E-state index contributed by atoms with van der Waals surface area (Å²) in [5, 5.41) is 0. The number of ether oxygens (including phenoxy) is 1. The number of nitrogens with zero attached hydrogens (tertiary/aromatic N) is 1. The zero-order chi connectivity index (χ0) is 14.1. The molecule has 0 saturated heterocycles. The van der Waals surface area contributed by atoms with Crippen LogP contribution in [0.25, 0.3) is 0 Å². The minimum atomic E-state index is -0.496. The molecule has 102 valence electrons. The van der Waals surface area contributed by atoms with Crippen LogP contribution in [0.15, 0.2) is 42.5 Å². The monoisotopic (exact) mass is 271 g/mol. The van der Waals surface area contributed by atoms with Crippen LogP contribution < -0.4 is 9.64 Å². The van der Waals surface area contributed by atoms with Crippen molar-refractivity contribution in [3.63, 3.8) is 0 Å². The predicted molar refractivity (Wildman–Crippen MR) is 74.8 cm³/mol. The largest absolute Gasteiger partial charge is 0.490 e. The van der Waals surface area contributed by atoms with Gasteiger partial charge in [0.1, 0.15) is 18.2 Å². The van der Waals surface area contributed by atoms with Crippen molar-refractivity contribution in [1.29, 1.82) is 0 Å². The van der Waals surface area contributed by atoms with E-state index in [1.165, 1.54) is 6.07 Å². The first kappa shape index (κ1) is 12.7. The van der Waals surface area contributed by atoms with Crippen molar-refractivity contribution in [2.45, 2.75) is 6.92 Å². The number of carbonyl (C=O) groups excluding carboxylic acids is 1. The molecule has 2 aromatic rings. The van der Waals surface area contributed by atoms with Gasteiger partial charge < -0.3 is 9.64 Å². The SMILES string of the molecule is Cc1ccc(F)c(C(=O)N2CCOc3ccccc32)c1. The van der Waals surface area contributed by atoms with Gasteiger partial charge in [-0.05, 0) is 31.2 Å². The molecule has 0 atom stereocenters. The van der Waals surface area contributed by atoms with Gasteiger partial charge in [-0.1, -0.05) is 23.8 Å². The van der Waals surface area contributed by atoms with Crippen molar-refractivity contribution >= 4 is 11.6 Å². The number of hydrogen-bond acceptors (Lipinski definition) is 2. The third-order valence-corrected chi connectivity index (χ3v) is 3.33. The quantitative estimate of drug-likeness (QED) is 0.797. The maximum absolute atomic E-state index is 13.9. The Morgan fingerprint density at radius 1 is 1.25 bits per heavy atom. The number of anilines is 1. The molecule has 0 bridgehead atoms. The predicted octanol–water partition coefficient (Wildman–Crippen LogP) is 3.17. The fraction of sp³-hybridized carbons (Fsp3) is 0.188. The number of hydrogen-bond donors (Lipinski definition) is 0. The Hall–Kier alpha value is -2.36. The minimum Gasteiger partial charge on any atom is -0.490 e. The Bertz CT molecular complexity index is 669. The molecule has 3 rings (SSSR count). The zero-order valence-electron chi connectivity index (χ0n) is 11.1. The standard InChI is InChI=1S/C16H14FNO2/c1-11-6-7-13(17)12(10-11)16(19)18-8-9-20-15-5-3-2-4-14(15)18/h2-7,10H,8-9H2,1H3. The van der Waals surface area contributed by atoms with Crippen LogP contribution in [-0.2, 0) is 0 Å². The lowest BCUT2D eigenvalue weighted by Crippen LogP contribution is -2.38. The summed E-state index contributed by atoms with van der Waals surface area (Å²) in [6.07, 6.45) is 0. The molecule has 1 aliphatic rings. The lowest BCUT2D eigenvalue weighted by Gasteiger charge is -2.29. The second-order valence-electron chi connectivity index (χ2n) is 4.76. The number of rotatable bonds is 1. The number of para-hydroxylation sites is 2. The van der Waals surface area contributed by atoms with Crippen LogP contribution in [0.5, 0.6) is 5.75 Å². The van der Waals surface area contributed by atoms with Crippen LogP contribution in [0.1, 0.15) is 15.9 Å². The summed E-state index contributed by atoms with van der Waals surface area (Å²) in [5.41, 5.74) is 1.64. The van der Waals surface area contributed by atoms with Crippen molar-refractivity contribution in [3.05, 3.63) is 59.4 Å². The Morgan fingerprint density at radius 3 is 2.90 bits per heavy atom. The molecule has 1 amide bonds. The van der Waals surface area contributed by atoms with E-state index in [1.807, 2.05) is 19.1 Å². The van der Waals surface area contributed by atoms with Gasteiger partial charge in [-0.15, -0.1) is 0 Å². The summed E-state index contributed by atoms with van der Waals surface area (Å²) in [6, 6.07) is 11.9. The summed E-state index contributed by atoms with van der Waals surface area (Å²) in [7, 11) is 0. The third-order valence-electron chi connectivity index (χ3n) is 3.33. The average molecular weight is 271 g/mol. The zero-order valence-corrected chi connectivity index (χ0v) is 11.1. The highest BCUT2D eigenvalue weighted by Gasteiger charge is 2.26. The number of carbonyl (C=O) groups is 1. The number of benzene rings is 2. The first-order valence-electron chi connectivity index (χ1n) is 6.46. The molecule has 0 radical (unpaired) electrons. The summed E-state index contributed by atoms with van der Waals surface area (Å²) in [5.74, 6) is -0.174. The number of halogens is 1. The van der Waals surface area contributed by atoms with Gasteiger partial charge in [0, 0.05) is 0 Å². The first-order valence-corrected chi connectivity index (χ1v) is 6.46. The van der Waals surface area contributed by atoms with Gasteiger partial charge in [-0.25, -0.2) is 4.39 Å². The van der Waals surface area contributed by atoms with Gasteiger partial charge in [0.2, 0.25) is 0 Å². The van der Waals surface area contributed by atoms with E-state index in [0.29, 0.717) is 24.6 Å². The molecule has 0 unspecified atom stereocenters. The van der Waals surface area contributed by atoms with E-state index in [2.05, 4.69) is 0 Å². The molecule has 0 N–H and O–H groups in total.